The molecular formula is C36H41Br2ClN2O6. The van der Waals surface area contributed by atoms with Crippen molar-refractivity contribution in [1.29, 1.82) is 0 Å². The highest BCUT2D eigenvalue weighted by Crippen LogP contribution is 2.28. The summed E-state index contributed by atoms with van der Waals surface area (Å²) >= 11 is 11.9. The van der Waals surface area contributed by atoms with Crippen molar-refractivity contribution in [3.63, 3.8) is 0 Å². The van der Waals surface area contributed by atoms with E-state index in [9.17, 15) is 9.59 Å². The lowest BCUT2D eigenvalue weighted by Gasteiger charge is -2.10. The summed E-state index contributed by atoms with van der Waals surface area (Å²) in [4.78, 5) is 22.4. The van der Waals surface area contributed by atoms with Crippen LogP contribution in [0.4, 0.5) is 0 Å². The van der Waals surface area contributed by atoms with Crippen molar-refractivity contribution in [2.75, 3.05) is 41.5 Å². The summed E-state index contributed by atoms with van der Waals surface area (Å²) in [5.74, 6) is 2.93. The Morgan fingerprint density at radius 3 is 1.53 bits per heavy atom. The predicted molar refractivity (Wildman–Crippen MR) is 195 cm³/mol. The number of nitrogens with one attached hydrogen (secondary N) is 1. The van der Waals surface area contributed by atoms with Crippen molar-refractivity contribution in [2.24, 2.45) is 5.73 Å². The maximum absolute atomic E-state index is 12.0. The average molecular weight is 793 g/mol. The molecular weight excluding hydrogens is 752 g/mol. The van der Waals surface area contributed by atoms with Crippen LogP contribution in [0.3, 0.4) is 0 Å². The predicted octanol–water partition coefficient (Wildman–Crippen LogP) is 7.33. The monoisotopic (exact) mass is 790 g/mol. The van der Waals surface area contributed by atoms with E-state index in [1.807, 2.05) is 84.9 Å². The maximum Gasteiger partial charge on any atom is 0.226 e. The molecule has 0 saturated heterocycles. The Kier molecular flexibility index (Phi) is 18.6. The molecule has 0 unspecified atom stereocenters. The number of halogens is 3. The summed E-state index contributed by atoms with van der Waals surface area (Å²) in [6.45, 7) is 1.23. The number of rotatable bonds is 13. The molecule has 8 nitrogen and oxygen atoms in total. The van der Waals surface area contributed by atoms with E-state index in [0.717, 1.165) is 50.0 Å². The zero-order valence-corrected chi connectivity index (χ0v) is 30.9. The first-order valence-electron chi connectivity index (χ1n) is 14.7. The Bertz CT molecular complexity index is 1570. The number of carbonyl (C=O) groups is 2. The molecule has 4 aromatic carbocycles. The van der Waals surface area contributed by atoms with Gasteiger partial charge in [0, 0.05) is 21.9 Å². The van der Waals surface area contributed by atoms with E-state index >= 15 is 0 Å². The van der Waals surface area contributed by atoms with Crippen LogP contribution in [0.5, 0.6) is 23.0 Å². The number of amides is 1. The van der Waals surface area contributed by atoms with Gasteiger partial charge in [0.05, 0.1) is 34.9 Å². The van der Waals surface area contributed by atoms with Gasteiger partial charge in [0.1, 0.15) is 0 Å². The number of hydrogen-bond donors (Lipinski definition) is 2. The molecule has 0 bridgehead atoms. The van der Waals surface area contributed by atoms with Crippen molar-refractivity contribution < 1.29 is 28.5 Å². The van der Waals surface area contributed by atoms with Crippen molar-refractivity contribution in [3.8, 4) is 23.0 Å². The van der Waals surface area contributed by atoms with E-state index < -0.39 is 0 Å². The fourth-order valence-electron chi connectivity index (χ4n) is 4.29. The highest BCUT2D eigenvalue weighted by atomic mass is 79.9. The first kappa shape index (κ1) is 39.6. The minimum absolute atomic E-state index is 0.0172. The maximum atomic E-state index is 12.0. The lowest BCUT2D eigenvalue weighted by molar-refractivity contribution is -0.120. The van der Waals surface area contributed by atoms with E-state index in [4.69, 9.17) is 36.3 Å². The first-order valence-corrected chi connectivity index (χ1v) is 16.6. The Morgan fingerprint density at radius 1 is 0.638 bits per heavy atom. The van der Waals surface area contributed by atoms with E-state index in [-0.39, 0.29) is 11.1 Å². The molecule has 0 atom stereocenters. The fourth-order valence-corrected chi connectivity index (χ4v) is 5.34. The van der Waals surface area contributed by atoms with Gasteiger partial charge in [0.15, 0.2) is 23.0 Å². The van der Waals surface area contributed by atoms with Gasteiger partial charge in [-0.3, -0.25) is 9.59 Å². The van der Waals surface area contributed by atoms with Crippen molar-refractivity contribution in [3.05, 3.63) is 116 Å². The second-order valence-corrected chi connectivity index (χ2v) is 12.2. The van der Waals surface area contributed by atoms with Gasteiger partial charge in [-0.25, -0.2) is 0 Å². The van der Waals surface area contributed by atoms with Gasteiger partial charge in [-0.05, 0) is 102 Å². The molecule has 0 fully saturated rings. The molecule has 0 aliphatic rings. The standard InChI is InChI=1S/C18H20BrNO3.C10H15NO2.C8H6BrClO/c1-22-16-7-6-13(11-17(16)23-2)8-9-20-18(21)12-14-4-3-5-15(19)10-14;1-12-9-4-3-8(5-6-11)7-10(9)13-2;9-7-3-1-2-6(4-7)5-8(10)11/h3-7,10-11H,8-9,12H2,1-2H3,(H,20,21);3-4,7H,5-6,11H2,1-2H3;1-4H,5H2. The Hall–Kier alpha value is -3.57. The van der Waals surface area contributed by atoms with Crippen molar-refractivity contribution in [1.82, 2.24) is 5.32 Å². The van der Waals surface area contributed by atoms with Gasteiger partial charge in [-0.1, -0.05) is 68.3 Å². The molecule has 4 rings (SSSR count). The minimum Gasteiger partial charge on any atom is -0.493 e. The minimum atomic E-state index is -0.330. The summed E-state index contributed by atoms with van der Waals surface area (Å²) < 4.78 is 22.7. The van der Waals surface area contributed by atoms with Gasteiger partial charge in [-0.15, -0.1) is 0 Å². The van der Waals surface area contributed by atoms with Crippen LogP contribution in [0.25, 0.3) is 0 Å². The molecule has 0 aromatic heterocycles. The third-order valence-electron chi connectivity index (χ3n) is 6.55. The van der Waals surface area contributed by atoms with Crippen LogP contribution >= 0.6 is 43.5 Å². The van der Waals surface area contributed by atoms with Crippen LogP contribution in [-0.4, -0.2) is 52.7 Å². The van der Waals surface area contributed by atoms with Gasteiger partial charge in [-0.2, -0.15) is 0 Å². The Morgan fingerprint density at radius 2 is 1.11 bits per heavy atom. The van der Waals surface area contributed by atoms with Gasteiger partial charge in [0.25, 0.3) is 0 Å². The smallest absolute Gasteiger partial charge is 0.226 e. The summed E-state index contributed by atoms with van der Waals surface area (Å²) in [6, 6.07) is 26.9. The topological polar surface area (TPSA) is 109 Å². The number of ether oxygens (including phenoxy) is 4. The third-order valence-corrected chi connectivity index (χ3v) is 7.67. The van der Waals surface area contributed by atoms with Crippen LogP contribution < -0.4 is 30.0 Å². The van der Waals surface area contributed by atoms with Gasteiger partial charge in [0.2, 0.25) is 11.1 Å². The van der Waals surface area contributed by atoms with Crippen LogP contribution in [0, 0.1) is 0 Å². The Balaban J connectivity index is 0.000000270. The molecule has 0 radical (unpaired) electrons. The average Bonchev–Trinajstić information content (AvgIpc) is 3.05. The molecule has 0 saturated carbocycles. The summed E-state index contributed by atoms with van der Waals surface area (Å²) in [6.07, 6.45) is 2.28. The molecule has 0 aliphatic heterocycles. The zero-order valence-electron chi connectivity index (χ0n) is 27.0. The number of nitrogens with two attached hydrogens (primary N) is 1. The lowest BCUT2D eigenvalue weighted by atomic mass is 10.1. The normalized spacial score (nSPS) is 9.96. The highest BCUT2D eigenvalue weighted by molar-refractivity contribution is 9.10. The Labute approximate surface area is 299 Å². The number of methoxy groups -OCH3 is 4. The highest BCUT2D eigenvalue weighted by Gasteiger charge is 2.07. The van der Waals surface area contributed by atoms with Crippen LogP contribution in [-0.2, 0) is 35.3 Å². The lowest BCUT2D eigenvalue weighted by Crippen LogP contribution is -2.27. The molecule has 1 amide bonds. The number of hydrogen-bond acceptors (Lipinski definition) is 7. The number of carbonyl (C=O) groups excluding carboxylic acids is 2. The SMILES string of the molecule is COc1ccc(CCN)cc1OC.COc1ccc(CCNC(=O)Cc2cccc(Br)c2)cc1OC.O=C(Cl)Cc1cccc(Br)c1. The van der Waals surface area contributed by atoms with E-state index in [1.165, 1.54) is 5.56 Å². The second kappa shape index (κ2) is 22.1. The molecule has 4 aromatic rings. The molecule has 0 spiro atoms. The summed E-state index contributed by atoms with van der Waals surface area (Å²) in [5.41, 5.74) is 9.62. The molecule has 0 aliphatic carbocycles. The van der Waals surface area contributed by atoms with Crippen molar-refractivity contribution >= 4 is 54.6 Å². The molecule has 11 heteroatoms. The van der Waals surface area contributed by atoms with Gasteiger partial charge >= 0.3 is 0 Å². The molecule has 0 heterocycles. The quantitative estimate of drug-likeness (QED) is 0.137. The second-order valence-electron chi connectivity index (χ2n) is 9.99. The molecule has 47 heavy (non-hydrogen) atoms. The third kappa shape index (κ3) is 15.3. The number of benzene rings is 4. The van der Waals surface area contributed by atoms with Gasteiger partial charge < -0.3 is 30.0 Å². The summed E-state index contributed by atoms with van der Waals surface area (Å²) in [5, 5.41) is 2.61. The van der Waals surface area contributed by atoms with Crippen molar-refractivity contribution in [2.45, 2.75) is 25.7 Å². The largest absolute Gasteiger partial charge is 0.493 e. The summed E-state index contributed by atoms with van der Waals surface area (Å²) in [7, 11) is 6.48. The van der Waals surface area contributed by atoms with E-state index in [1.54, 1.807) is 28.4 Å². The first-order chi connectivity index (χ1) is 22.6. The zero-order chi connectivity index (χ0) is 34.6. The van der Waals surface area contributed by atoms with E-state index in [0.29, 0.717) is 37.4 Å². The van der Waals surface area contributed by atoms with Crippen LogP contribution in [0.15, 0.2) is 93.9 Å². The van der Waals surface area contributed by atoms with Crippen LogP contribution in [0.2, 0.25) is 0 Å². The molecule has 3 N–H and O–H groups in total. The molecule has 252 valence electrons. The fraction of sp³-hybridized carbons (Fsp3) is 0.278. The van der Waals surface area contributed by atoms with E-state index in [2.05, 4.69) is 37.2 Å². The van der Waals surface area contributed by atoms with Crippen LogP contribution in [0.1, 0.15) is 22.3 Å².